The quantitative estimate of drug-likeness (QED) is 0.712. The maximum atomic E-state index is 13.2. The van der Waals surface area contributed by atoms with Gasteiger partial charge in [0.25, 0.3) is 0 Å². The molecule has 0 aliphatic rings. The van der Waals surface area contributed by atoms with E-state index in [4.69, 9.17) is 0 Å². The van der Waals surface area contributed by atoms with Gasteiger partial charge in [0, 0.05) is 11.5 Å². The Hall–Kier alpha value is -1.82. The number of hydrogen-bond donors (Lipinski definition) is 0. The molecule has 2 heterocycles. The van der Waals surface area contributed by atoms with Crippen LogP contribution in [0, 0.1) is 5.82 Å². The highest BCUT2D eigenvalue weighted by Crippen LogP contribution is 2.27. The van der Waals surface area contributed by atoms with E-state index in [2.05, 4.69) is 15.3 Å². The van der Waals surface area contributed by atoms with Crippen LogP contribution in [0.4, 0.5) is 4.39 Å². The summed E-state index contributed by atoms with van der Waals surface area (Å²) in [5.41, 5.74) is 0.764. The van der Waals surface area contributed by atoms with Gasteiger partial charge in [-0.2, -0.15) is 9.61 Å². The molecule has 0 fully saturated rings. The molecule has 2 aromatic heterocycles. The Morgan fingerprint density at radius 1 is 1.28 bits per heavy atom. The normalized spacial score (nSPS) is 11.6. The molecule has 0 unspecified atom stereocenters. The fraction of sp³-hybridized carbons (Fsp3) is 0.250. The number of nitrogens with zero attached hydrogens (tertiary/aromatic N) is 4. The summed E-state index contributed by atoms with van der Waals surface area (Å²) in [7, 11) is 0. The lowest BCUT2D eigenvalue weighted by molar-refractivity contribution is 0.628. The Morgan fingerprint density at radius 2 is 2.11 bits per heavy atom. The molecule has 0 amide bonds. The number of aromatic nitrogens is 4. The van der Waals surface area contributed by atoms with E-state index in [1.807, 2.05) is 19.9 Å². The number of fused-ring (bicyclic) bond motifs is 1. The maximum absolute atomic E-state index is 13.2. The largest absolute Gasteiger partial charge is 0.234 e. The molecule has 3 rings (SSSR count). The van der Waals surface area contributed by atoms with Gasteiger partial charge in [0.15, 0.2) is 5.82 Å². The zero-order chi connectivity index (χ0) is 12.7. The summed E-state index contributed by atoms with van der Waals surface area (Å²) >= 11 is 1.41. The molecular formula is C12H11FN4S. The topological polar surface area (TPSA) is 43.1 Å². The van der Waals surface area contributed by atoms with E-state index in [1.54, 1.807) is 10.6 Å². The van der Waals surface area contributed by atoms with Crippen LogP contribution in [0.15, 0.2) is 24.3 Å². The molecule has 0 spiro atoms. The first kappa shape index (κ1) is 11.3. The third-order valence-electron chi connectivity index (χ3n) is 2.60. The molecule has 0 N–H and O–H groups in total. The number of hydrogen-bond acceptors (Lipinski definition) is 4. The second kappa shape index (κ2) is 4.13. The highest BCUT2D eigenvalue weighted by molar-refractivity contribution is 7.19. The van der Waals surface area contributed by atoms with Crippen LogP contribution in [0.1, 0.15) is 25.6 Å². The van der Waals surface area contributed by atoms with Crippen molar-refractivity contribution in [2.45, 2.75) is 19.8 Å². The first-order valence-electron chi connectivity index (χ1n) is 5.63. The van der Waals surface area contributed by atoms with Crippen molar-refractivity contribution in [3.63, 3.8) is 0 Å². The lowest BCUT2D eigenvalue weighted by Gasteiger charge is -1.98. The number of benzene rings is 1. The summed E-state index contributed by atoms with van der Waals surface area (Å²) in [5.74, 6) is 0.814. The first-order valence-corrected chi connectivity index (χ1v) is 6.45. The predicted molar refractivity (Wildman–Crippen MR) is 68.1 cm³/mol. The smallest absolute Gasteiger partial charge is 0.207 e. The molecule has 1 aromatic carbocycles. The minimum absolute atomic E-state index is 0.252. The molecule has 92 valence electrons. The van der Waals surface area contributed by atoms with Crippen molar-refractivity contribution in [1.82, 2.24) is 19.8 Å². The van der Waals surface area contributed by atoms with E-state index in [0.717, 1.165) is 21.4 Å². The predicted octanol–water partition coefficient (Wildman–Crippen LogP) is 3.12. The SMILES string of the molecule is CC(C)c1nnc2sc(-c3cccc(F)c3)nn12. The van der Waals surface area contributed by atoms with Crippen LogP contribution >= 0.6 is 11.3 Å². The van der Waals surface area contributed by atoms with E-state index < -0.39 is 0 Å². The van der Waals surface area contributed by atoms with Gasteiger partial charge in [-0.05, 0) is 12.1 Å². The monoisotopic (exact) mass is 262 g/mol. The van der Waals surface area contributed by atoms with Crippen LogP contribution in [0.25, 0.3) is 15.5 Å². The van der Waals surface area contributed by atoms with E-state index >= 15 is 0 Å². The van der Waals surface area contributed by atoms with Crippen molar-refractivity contribution < 1.29 is 4.39 Å². The van der Waals surface area contributed by atoms with Crippen molar-refractivity contribution in [2.24, 2.45) is 0 Å². The van der Waals surface area contributed by atoms with Crippen LogP contribution in [-0.2, 0) is 0 Å². The molecule has 4 nitrogen and oxygen atoms in total. The molecule has 0 saturated carbocycles. The second-order valence-electron chi connectivity index (χ2n) is 4.32. The Morgan fingerprint density at radius 3 is 2.83 bits per heavy atom. The van der Waals surface area contributed by atoms with Crippen molar-refractivity contribution in [3.05, 3.63) is 35.9 Å². The van der Waals surface area contributed by atoms with Crippen molar-refractivity contribution in [1.29, 1.82) is 0 Å². The third kappa shape index (κ3) is 1.78. The Balaban J connectivity index is 2.14. The van der Waals surface area contributed by atoms with Gasteiger partial charge in [0.1, 0.15) is 10.8 Å². The first-order chi connectivity index (χ1) is 8.65. The van der Waals surface area contributed by atoms with Crippen molar-refractivity contribution >= 4 is 16.3 Å². The molecule has 0 atom stereocenters. The zero-order valence-corrected chi connectivity index (χ0v) is 10.8. The molecule has 0 radical (unpaired) electrons. The van der Waals surface area contributed by atoms with Crippen LogP contribution in [0.5, 0.6) is 0 Å². The molecular weight excluding hydrogens is 251 g/mol. The molecule has 18 heavy (non-hydrogen) atoms. The van der Waals surface area contributed by atoms with E-state index in [-0.39, 0.29) is 11.7 Å². The third-order valence-corrected chi connectivity index (χ3v) is 3.55. The summed E-state index contributed by atoms with van der Waals surface area (Å²) in [6, 6.07) is 6.41. The second-order valence-corrected chi connectivity index (χ2v) is 5.28. The average Bonchev–Trinajstić information content (AvgIpc) is 2.87. The maximum Gasteiger partial charge on any atom is 0.234 e. The minimum atomic E-state index is -0.262. The summed E-state index contributed by atoms with van der Waals surface area (Å²) in [6.45, 7) is 4.08. The van der Waals surface area contributed by atoms with E-state index in [1.165, 1.54) is 23.5 Å². The lowest BCUT2D eigenvalue weighted by Crippen LogP contribution is -1.97. The van der Waals surface area contributed by atoms with Gasteiger partial charge in [-0.1, -0.05) is 37.3 Å². The van der Waals surface area contributed by atoms with Crippen molar-refractivity contribution in [3.8, 4) is 10.6 Å². The molecule has 0 aliphatic heterocycles. The van der Waals surface area contributed by atoms with Gasteiger partial charge in [-0.25, -0.2) is 4.39 Å². The van der Waals surface area contributed by atoms with Gasteiger partial charge >= 0.3 is 0 Å². The summed E-state index contributed by atoms with van der Waals surface area (Å²) < 4.78 is 14.9. The number of rotatable bonds is 2. The summed E-state index contributed by atoms with van der Waals surface area (Å²) in [5, 5.41) is 13.4. The van der Waals surface area contributed by atoms with Crippen LogP contribution in [0.3, 0.4) is 0 Å². The summed E-state index contributed by atoms with van der Waals surface area (Å²) in [6.07, 6.45) is 0. The highest BCUT2D eigenvalue weighted by Gasteiger charge is 2.15. The molecule has 0 saturated heterocycles. The molecule has 3 aromatic rings. The van der Waals surface area contributed by atoms with Gasteiger partial charge in [-0.3, -0.25) is 0 Å². The van der Waals surface area contributed by atoms with Gasteiger partial charge < -0.3 is 0 Å². The minimum Gasteiger partial charge on any atom is -0.207 e. The number of halogens is 1. The van der Waals surface area contributed by atoms with E-state index in [9.17, 15) is 4.39 Å². The fourth-order valence-electron chi connectivity index (χ4n) is 1.73. The molecule has 0 bridgehead atoms. The van der Waals surface area contributed by atoms with Gasteiger partial charge in [-0.15, -0.1) is 10.2 Å². The highest BCUT2D eigenvalue weighted by atomic mass is 32.1. The van der Waals surface area contributed by atoms with Gasteiger partial charge in [0.2, 0.25) is 4.96 Å². The Bertz CT molecular complexity index is 701. The van der Waals surface area contributed by atoms with Gasteiger partial charge in [0.05, 0.1) is 0 Å². The van der Waals surface area contributed by atoms with E-state index in [0.29, 0.717) is 0 Å². The lowest BCUT2D eigenvalue weighted by atomic mass is 10.2. The zero-order valence-electron chi connectivity index (χ0n) is 9.96. The van der Waals surface area contributed by atoms with Crippen LogP contribution in [0.2, 0.25) is 0 Å². The Kier molecular flexibility index (Phi) is 2.59. The van der Waals surface area contributed by atoms with Crippen LogP contribution < -0.4 is 0 Å². The average molecular weight is 262 g/mol. The standard InChI is InChI=1S/C12H11FN4S/c1-7(2)10-14-15-12-17(10)16-11(18-12)8-4-3-5-9(13)6-8/h3-7H,1-2H3. The summed E-state index contributed by atoms with van der Waals surface area (Å²) in [4.78, 5) is 0.734. The molecule has 0 aliphatic carbocycles. The van der Waals surface area contributed by atoms with Crippen LogP contribution in [-0.4, -0.2) is 19.8 Å². The Labute approximate surface area is 107 Å². The fourth-order valence-corrected chi connectivity index (χ4v) is 2.57. The van der Waals surface area contributed by atoms with Crippen molar-refractivity contribution in [2.75, 3.05) is 0 Å². The molecule has 6 heteroatoms.